The molecule has 0 aliphatic heterocycles. The summed E-state index contributed by atoms with van der Waals surface area (Å²) in [7, 11) is 0. The number of carbonyl (C=O) groups excluding carboxylic acids is 2. The van der Waals surface area contributed by atoms with Crippen LogP contribution in [0.2, 0.25) is 0 Å². The lowest BCUT2D eigenvalue weighted by atomic mass is 10.3. The van der Waals surface area contributed by atoms with E-state index < -0.39 is 23.3 Å². The van der Waals surface area contributed by atoms with Gasteiger partial charge in [-0.2, -0.15) is 13.2 Å². The number of aliphatic carboxylic acids is 1. The number of rotatable bonds is 2. The van der Waals surface area contributed by atoms with Gasteiger partial charge in [0.15, 0.2) is 0 Å². The van der Waals surface area contributed by atoms with Crippen LogP contribution in [-0.4, -0.2) is 23.3 Å². The largest absolute Gasteiger partial charge is 0.548 e. The summed E-state index contributed by atoms with van der Waals surface area (Å²) in [6.45, 7) is 0. The van der Waals surface area contributed by atoms with Crippen molar-refractivity contribution in [1.82, 2.24) is 0 Å². The van der Waals surface area contributed by atoms with E-state index >= 15 is 0 Å². The van der Waals surface area contributed by atoms with Crippen molar-refractivity contribution in [3.63, 3.8) is 0 Å². The summed E-state index contributed by atoms with van der Waals surface area (Å²) in [4.78, 5) is 19.6. The maximum Gasteiger partial charge on any atom is 0.451 e. The third kappa shape index (κ3) is 2.75. The third-order valence-electron chi connectivity index (χ3n) is 0.717. The van der Waals surface area contributed by atoms with Gasteiger partial charge in [-0.1, -0.05) is 0 Å². The second kappa shape index (κ2) is 3.08. The zero-order valence-electron chi connectivity index (χ0n) is 4.81. The predicted molar refractivity (Wildman–Crippen MR) is 25.7 cm³/mol. The van der Waals surface area contributed by atoms with E-state index in [4.69, 9.17) is 0 Å². The number of hydrogen-bond donors (Lipinski definition) is 0. The van der Waals surface area contributed by atoms with Crippen LogP contribution in [0.1, 0.15) is 0 Å². The molecule has 0 saturated carbocycles. The minimum atomic E-state index is -5.23. The number of carboxylic acid groups (broad SMARTS) is 1. The van der Waals surface area contributed by atoms with Crippen molar-refractivity contribution in [1.29, 1.82) is 0 Å². The molecule has 0 bridgehead atoms. The maximum absolute atomic E-state index is 11.3. The Morgan fingerprint density at radius 3 is 1.82 bits per heavy atom. The molecule has 11 heavy (non-hydrogen) atoms. The normalized spacial score (nSPS) is 14.2. The first-order chi connectivity index (χ1) is 4.76. The van der Waals surface area contributed by atoms with Crippen molar-refractivity contribution in [3.05, 3.63) is 0 Å². The van der Waals surface area contributed by atoms with Crippen LogP contribution in [0.3, 0.4) is 0 Å². The molecule has 0 aromatic rings. The van der Waals surface area contributed by atoms with Crippen LogP contribution in [-0.2, 0) is 9.59 Å². The van der Waals surface area contributed by atoms with Gasteiger partial charge < -0.3 is 9.90 Å². The molecule has 1 unspecified atom stereocenters. The van der Waals surface area contributed by atoms with Crippen LogP contribution in [0.4, 0.5) is 13.2 Å². The lowest BCUT2D eigenvalue weighted by Crippen LogP contribution is -2.43. The van der Waals surface area contributed by atoms with Gasteiger partial charge in [0.05, 0.1) is 5.97 Å². The van der Waals surface area contributed by atoms with E-state index in [1.807, 2.05) is 0 Å². The standard InChI is InChI=1S/C4H2ClF3O3/c5-1(3(10)11)2(9)4(6,7)8/h1H,(H,10,11)/p-1. The SMILES string of the molecule is O=C([O-])C(Cl)C(=O)C(F)(F)F. The summed E-state index contributed by atoms with van der Waals surface area (Å²) in [5, 5.41) is 6.97. The number of hydrogen-bond acceptors (Lipinski definition) is 3. The van der Waals surface area contributed by atoms with Crippen LogP contribution in [0.5, 0.6) is 0 Å². The van der Waals surface area contributed by atoms with Crippen LogP contribution >= 0.6 is 11.6 Å². The van der Waals surface area contributed by atoms with Gasteiger partial charge >= 0.3 is 6.18 Å². The second-order valence-electron chi connectivity index (χ2n) is 1.54. The molecular formula is C4HClF3O3-. The molecular weight excluding hydrogens is 188 g/mol. The third-order valence-corrected chi connectivity index (χ3v) is 1.09. The molecule has 0 radical (unpaired) electrons. The summed E-state index contributed by atoms with van der Waals surface area (Å²) in [5.41, 5.74) is 0. The molecule has 0 aliphatic carbocycles. The van der Waals surface area contributed by atoms with Gasteiger partial charge in [-0.05, 0) is 0 Å². The van der Waals surface area contributed by atoms with Gasteiger partial charge in [0.25, 0.3) is 5.78 Å². The number of Topliss-reactive ketones (excluding diaryl/α,β-unsaturated/α-hetero) is 1. The summed E-state index contributed by atoms with van der Waals surface area (Å²) < 4.78 is 34.0. The molecule has 0 fully saturated rings. The fourth-order valence-electron chi connectivity index (χ4n) is 0.251. The van der Waals surface area contributed by atoms with E-state index in [0.717, 1.165) is 0 Å². The highest BCUT2D eigenvalue weighted by Gasteiger charge is 2.43. The van der Waals surface area contributed by atoms with Crippen LogP contribution < -0.4 is 5.11 Å². The molecule has 64 valence electrons. The van der Waals surface area contributed by atoms with Crippen LogP contribution in [0.15, 0.2) is 0 Å². The first-order valence-electron chi connectivity index (χ1n) is 2.22. The Bertz CT molecular complexity index is 188. The molecule has 3 nitrogen and oxygen atoms in total. The Kier molecular flexibility index (Phi) is 2.86. The van der Waals surface area contributed by atoms with Crippen molar-refractivity contribution in [3.8, 4) is 0 Å². The van der Waals surface area contributed by atoms with E-state index in [1.165, 1.54) is 0 Å². The summed E-state index contributed by atoms with van der Waals surface area (Å²) in [6.07, 6.45) is -5.23. The average molecular weight is 189 g/mol. The van der Waals surface area contributed by atoms with E-state index in [0.29, 0.717) is 0 Å². The Balaban J connectivity index is 4.39. The highest BCUT2D eigenvalue weighted by Crippen LogP contribution is 2.19. The molecule has 0 N–H and O–H groups in total. The van der Waals surface area contributed by atoms with Crippen molar-refractivity contribution in [2.75, 3.05) is 0 Å². The molecule has 0 aromatic heterocycles. The van der Waals surface area contributed by atoms with Gasteiger partial charge in [0.2, 0.25) is 0 Å². The van der Waals surface area contributed by atoms with Gasteiger partial charge in [-0.15, -0.1) is 11.6 Å². The topological polar surface area (TPSA) is 57.2 Å². The summed E-state index contributed by atoms with van der Waals surface area (Å²) in [6, 6.07) is 0. The monoisotopic (exact) mass is 189 g/mol. The molecule has 0 spiro atoms. The van der Waals surface area contributed by atoms with Crippen molar-refractivity contribution >= 4 is 23.4 Å². The first-order valence-corrected chi connectivity index (χ1v) is 2.66. The smallest absolute Gasteiger partial charge is 0.451 e. The minimum absolute atomic E-state index is 2.26. The minimum Gasteiger partial charge on any atom is -0.548 e. The van der Waals surface area contributed by atoms with E-state index in [-0.39, 0.29) is 0 Å². The Morgan fingerprint density at radius 2 is 1.73 bits per heavy atom. The first kappa shape index (κ1) is 10.2. The molecule has 0 aromatic carbocycles. The number of halogens is 4. The zero-order chi connectivity index (χ0) is 9.23. The fraction of sp³-hybridized carbons (Fsp3) is 0.500. The Labute approximate surface area is 63.8 Å². The van der Waals surface area contributed by atoms with E-state index in [9.17, 15) is 27.9 Å². The quantitative estimate of drug-likeness (QED) is 0.434. The predicted octanol–water partition coefficient (Wildman–Crippen LogP) is -0.525. The number of carboxylic acids is 1. The molecule has 0 aliphatic rings. The molecule has 0 saturated heterocycles. The van der Waals surface area contributed by atoms with Gasteiger partial charge in [0, 0.05) is 0 Å². The number of ketones is 1. The lowest BCUT2D eigenvalue weighted by molar-refractivity contribution is -0.304. The van der Waals surface area contributed by atoms with Gasteiger partial charge in [-0.25, -0.2) is 0 Å². The fourth-order valence-corrected chi connectivity index (χ4v) is 0.374. The lowest BCUT2D eigenvalue weighted by Gasteiger charge is -2.10. The number of carbonyl (C=O) groups is 2. The molecule has 0 heterocycles. The molecule has 1 atom stereocenters. The van der Waals surface area contributed by atoms with Crippen molar-refractivity contribution in [2.45, 2.75) is 11.6 Å². The molecule has 0 rings (SSSR count). The van der Waals surface area contributed by atoms with Gasteiger partial charge in [-0.3, -0.25) is 4.79 Å². The van der Waals surface area contributed by atoms with Gasteiger partial charge in [0.1, 0.15) is 5.38 Å². The number of alkyl halides is 4. The Hall–Kier alpha value is -0.780. The molecule has 7 heteroatoms. The average Bonchev–Trinajstić information content (AvgIpc) is 1.82. The zero-order valence-corrected chi connectivity index (χ0v) is 5.57. The molecule has 0 amide bonds. The second-order valence-corrected chi connectivity index (χ2v) is 1.98. The van der Waals surface area contributed by atoms with E-state index in [2.05, 4.69) is 11.6 Å². The highest BCUT2D eigenvalue weighted by atomic mass is 35.5. The maximum atomic E-state index is 11.3. The van der Waals surface area contributed by atoms with Crippen LogP contribution in [0, 0.1) is 0 Å². The van der Waals surface area contributed by atoms with Crippen LogP contribution in [0.25, 0.3) is 0 Å². The van der Waals surface area contributed by atoms with Crippen molar-refractivity contribution < 1.29 is 27.9 Å². The Morgan fingerprint density at radius 1 is 1.36 bits per heavy atom. The van der Waals surface area contributed by atoms with E-state index in [1.54, 1.807) is 0 Å². The van der Waals surface area contributed by atoms with Crippen molar-refractivity contribution in [2.24, 2.45) is 0 Å². The highest BCUT2D eigenvalue weighted by molar-refractivity contribution is 6.41. The summed E-state index contributed by atoms with van der Waals surface area (Å²) in [5.74, 6) is -4.78. The summed E-state index contributed by atoms with van der Waals surface area (Å²) >= 11 is 4.52.